The van der Waals surface area contributed by atoms with Crippen LogP contribution < -0.4 is 5.73 Å². The summed E-state index contributed by atoms with van der Waals surface area (Å²) in [6, 6.07) is 0. The second kappa shape index (κ2) is 2.20. The predicted octanol–water partition coefficient (Wildman–Crippen LogP) is 1.30. The summed E-state index contributed by atoms with van der Waals surface area (Å²) in [5, 5.41) is 0.944. The number of anilines is 1. The van der Waals surface area contributed by atoms with E-state index in [0.717, 1.165) is 15.5 Å². The molecule has 2 aromatic rings. The Balaban J connectivity index is 2.86. The first-order chi connectivity index (χ1) is 5.27. The van der Waals surface area contributed by atoms with E-state index in [0.29, 0.717) is 0 Å². The molecule has 0 saturated carbocycles. The predicted molar refractivity (Wildman–Crippen MR) is 46.0 cm³/mol. The maximum Gasteiger partial charge on any atom is 0.221 e. The fourth-order valence-electron chi connectivity index (χ4n) is 0.890. The number of H-pyrrole nitrogens is 1. The fraction of sp³-hybridized carbons (Fsp3) is 0. The third-order valence-corrected chi connectivity index (χ3v) is 2.06. The van der Waals surface area contributed by atoms with Crippen LogP contribution in [-0.4, -0.2) is 15.0 Å². The third-order valence-electron chi connectivity index (χ3n) is 1.40. The molecule has 0 aromatic carbocycles. The number of halogens is 1. The van der Waals surface area contributed by atoms with Crippen LogP contribution in [0.5, 0.6) is 0 Å². The van der Waals surface area contributed by atoms with Crippen LogP contribution in [0.4, 0.5) is 5.95 Å². The number of rotatable bonds is 0. The summed E-state index contributed by atoms with van der Waals surface area (Å²) in [4.78, 5) is 10.8. The van der Waals surface area contributed by atoms with Gasteiger partial charge in [0.05, 0.1) is 5.39 Å². The summed E-state index contributed by atoms with van der Waals surface area (Å²) < 4.78 is 0.951. The van der Waals surface area contributed by atoms with Gasteiger partial charge in [0, 0.05) is 16.9 Å². The van der Waals surface area contributed by atoms with Gasteiger partial charge in [0.2, 0.25) is 5.95 Å². The summed E-state index contributed by atoms with van der Waals surface area (Å²) in [6.45, 7) is 0. The number of nitrogens with zero attached hydrogens (tertiary/aromatic N) is 2. The van der Waals surface area contributed by atoms with Gasteiger partial charge in [-0.3, -0.25) is 0 Å². The van der Waals surface area contributed by atoms with Gasteiger partial charge in [0.25, 0.3) is 0 Å². The summed E-state index contributed by atoms with van der Waals surface area (Å²) in [5.74, 6) is 0.284. The smallest absolute Gasteiger partial charge is 0.221 e. The van der Waals surface area contributed by atoms with Crippen molar-refractivity contribution in [3.8, 4) is 0 Å². The minimum atomic E-state index is 0.284. The maximum atomic E-state index is 5.38. The number of hydrogen-bond acceptors (Lipinski definition) is 3. The lowest BCUT2D eigenvalue weighted by atomic mass is 10.4. The minimum Gasteiger partial charge on any atom is -0.368 e. The van der Waals surface area contributed by atoms with Gasteiger partial charge in [-0.25, -0.2) is 4.98 Å². The first-order valence-corrected chi connectivity index (χ1v) is 3.82. The molecule has 0 fully saturated rings. The van der Waals surface area contributed by atoms with E-state index in [2.05, 4.69) is 30.9 Å². The Morgan fingerprint density at radius 2 is 2.36 bits per heavy atom. The van der Waals surface area contributed by atoms with Gasteiger partial charge in [-0.05, 0) is 15.9 Å². The van der Waals surface area contributed by atoms with Gasteiger partial charge in [0.1, 0.15) is 5.65 Å². The zero-order valence-corrected chi connectivity index (χ0v) is 7.09. The van der Waals surface area contributed by atoms with E-state index < -0.39 is 0 Å². The normalized spacial score (nSPS) is 10.6. The number of hydrogen-bond donors (Lipinski definition) is 2. The zero-order chi connectivity index (χ0) is 7.84. The van der Waals surface area contributed by atoms with Crippen LogP contribution in [0.3, 0.4) is 0 Å². The Kier molecular flexibility index (Phi) is 1.32. The fourth-order valence-corrected chi connectivity index (χ4v) is 1.29. The molecule has 0 aliphatic rings. The molecule has 0 aliphatic heterocycles. The minimum absolute atomic E-state index is 0.284. The summed E-state index contributed by atoms with van der Waals surface area (Å²) >= 11 is 3.34. The highest BCUT2D eigenvalue weighted by Crippen LogP contribution is 2.20. The number of aromatic nitrogens is 3. The van der Waals surface area contributed by atoms with E-state index >= 15 is 0 Å². The number of nitrogens with one attached hydrogen (secondary N) is 1. The Hall–Kier alpha value is -1.10. The van der Waals surface area contributed by atoms with Crippen molar-refractivity contribution < 1.29 is 0 Å². The molecule has 2 heterocycles. The first kappa shape index (κ1) is 6.60. The molecule has 0 atom stereocenters. The SMILES string of the molecule is Nc1ncc2c(Br)c[nH]c2n1. The highest BCUT2D eigenvalue weighted by atomic mass is 79.9. The van der Waals surface area contributed by atoms with Gasteiger partial charge in [-0.2, -0.15) is 4.98 Å². The molecule has 4 nitrogen and oxygen atoms in total. The molecule has 0 unspecified atom stereocenters. The number of nitrogen functional groups attached to an aromatic ring is 1. The zero-order valence-electron chi connectivity index (χ0n) is 5.50. The molecular weight excluding hydrogens is 208 g/mol. The Bertz CT molecular complexity index is 394. The van der Waals surface area contributed by atoms with Crippen LogP contribution in [0, 0.1) is 0 Å². The van der Waals surface area contributed by atoms with Gasteiger partial charge >= 0.3 is 0 Å². The van der Waals surface area contributed by atoms with Crippen LogP contribution in [0.1, 0.15) is 0 Å². The van der Waals surface area contributed by atoms with Crippen molar-refractivity contribution in [2.75, 3.05) is 5.73 Å². The molecule has 2 aromatic heterocycles. The van der Waals surface area contributed by atoms with Crippen LogP contribution in [0.25, 0.3) is 11.0 Å². The van der Waals surface area contributed by atoms with E-state index in [1.807, 2.05) is 0 Å². The molecular formula is C6H5BrN4. The lowest BCUT2D eigenvalue weighted by molar-refractivity contribution is 1.22. The van der Waals surface area contributed by atoms with Crippen molar-refractivity contribution in [2.24, 2.45) is 0 Å². The molecule has 56 valence electrons. The monoisotopic (exact) mass is 212 g/mol. The number of nitrogens with two attached hydrogens (primary N) is 1. The van der Waals surface area contributed by atoms with E-state index in [1.165, 1.54) is 0 Å². The van der Waals surface area contributed by atoms with Crippen molar-refractivity contribution in [1.29, 1.82) is 0 Å². The number of aromatic amines is 1. The van der Waals surface area contributed by atoms with E-state index in [4.69, 9.17) is 5.73 Å². The van der Waals surface area contributed by atoms with E-state index in [1.54, 1.807) is 12.4 Å². The summed E-state index contributed by atoms with van der Waals surface area (Å²) in [6.07, 6.45) is 3.48. The molecule has 0 saturated heterocycles. The molecule has 2 rings (SSSR count). The molecule has 0 aliphatic carbocycles. The van der Waals surface area contributed by atoms with Gasteiger partial charge < -0.3 is 10.7 Å². The van der Waals surface area contributed by atoms with Crippen LogP contribution in [0.2, 0.25) is 0 Å². The van der Waals surface area contributed by atoms with Gasteiger partial charge in [-0.1, -0.05) is 0 Å². The van der Waals surface area contributed by atoms with Crippen LogP contribution in [0.15, 0.2) is 16.9 Å². The molecule has 3 N–H and O–H groups in total. The van der Waals surface area contributed by atoms with Gasteiger partial charge in [-0.15, -0.1) is 0 Å². The standard InChI is InChI=1S/C6H5BrN4/c7-4-2-9-5-3(4)1-10-6(8)11-5/h1-2H,(H3,8,9,10,11). The molecule has 11 heavy (non-hydrogen) atoms. The maximum absolute atomic E-state index is 5.38. The largest absolute Gasteiger partial charge is 0.368 e. The van der Waals surface area contributed by atoms with Crippen LogP contribution in [-0.2, 0) is 0 Å². The average Bonchev–Trinajstić information content (AvgIpc) is 2.32. The van der Waals surface area contributed by atoms with Crippen molar-refractivity contribution in [3.05, 3.63) is 16.9 Å². The van der Waals surface area contributed by atoms with Crippen molar-refractivity contribution >= 4 is 32.9 Å². The molecule has 0 bridgehead atoms. The number of fused-ring (bicyclic) bond motifs is 1. The van der Waals surface area contributed by atoms with Crippen molar-refractivity contribution in [2.45, 2.75) is 0 Å². The topological polar surface area (TPSA) is 67.6 Å². The Morgan fingerprint density at radius 3 is 3.18 bits per heavy atom. The lowest BCUT2D eigenvalue weighted by Gasteiger charge is -1.90. The Morgan fingerprint density at radius 1 is 1.55 bits per heavy atom. The average molecular weight is 213 g/mol. The van der Waals surface area contributed by atoms with Gasteiger partial charge in [0.15, 0.2) is 0 Å². The Labute approximate surface area is 71.0 Å². The second-order valence-electron chi connectivity index (χ2n) is 2.13. The molecule has 0 amide bonds. The second-order valence-corrected chi connectivity index (χ2v) is 2.98. The highest BCUT2D eigenvalue weighted by molar-refractivity contribution is 9.10. The molecule has 0 spiro atoms. The van der Waals surface area contributed by atoms with Crippen LogP contribution >= 0.6 is 15.9 Å². The molecule has 0 radical (unpaired) electrons. The summed E-state index contributed by atoms with van der Waals surface area (Å²) in [5.41, 5.74) is 6.13. The molecule has 5 heteroatoms. The third kappa shape index (κ3) is 0.970. The van der Waals surface area contributed by atoms with Crippen molar-refractivity contribution in [1.82, 2.24) is 15.0 Å². The van der Waals surface area contributed by atoms with E-state index in [-0.39, 0.29) is 5.95 Å². The van der Waals surface area contributed by atoms with E-state index in [9.17, 15) is 0 Å². The summed E-state index contributed by atoms with van der Waals surface area (Å²) in [7, 11) is 0. The quantitative estimate of drug-likeness (QED) is 0.692. The van der Waals surface area contributed by atoms with Crippen molar-refractivity contribution in [3.63, 3.8) is 0 Å². The lowest BCUT2D eigenvalue weighted by Crippen LogP contribution is -1.92. The highest BCUT2D eigenvalue weighted by Gasteiger charge is 2.01. The first-order valence-electron chi connectivity index (χ1n) is 3.02.